The molecule has 0 aliphatic heterocycles. The molecule has 0 spiro atoms. The average molecular weight is 417 g/mol. The number of aromatic nitrogens is 2. The summed E-state index contributed by atoms with van der Waals surface area (Å²) in [6.07, 6.45) is 1.70. The molecule has 1 amide bonds. The highest BCUT2D eigenvalue weighted by Crippen LogP contribution is 2.17. The van der Waals surface area contributed by atoms with Gasteiger partial charge in [-0.2, -0.15) is 9.78 Å². The summed E-state index contributed by atoms with van der Waals surface area (Å²) in [5.74, 6) is -0.102. The third-order valence-corrected chi connectivity index (χ3v) is 4.61. The van der Waals surface area contributed by atoms with E-state index in [2.05, 4.69) is 15.7 Å². The lowest BCUT2D eigenvalue weighted by Crippen LogP contribution is -2.26. The smallest absolute Gasteiger partial charge is 0.292 e. The average Bonchev–Trinajstić information content (AvgIpc) is 2.71. The summed E-state index contributed by atoms with van der Waals surface area (Å²) in [4.78, 5) is 24.4. The molecule has 0 aliphatic carbocycles. The van der Waals surface area contributed by atoms with E-state index in [-0.39, 0.29) is 17.4 Å². The van der Waals surface area contributed by atoms with Crippen LogP contribution in [0.4, 0.5) is 5.69 Å². The van der Waals surface area contributed by atoms with Gasteiger partial charge in [-0.05, 0) is 29.8 Å². The highest BCUT2D eigenvalue weighted by Gasteiger charge is 2.11. The molecular formula is C20H18Cl2N4O2. The number of hydrogen-bond donors (Lipinski definition) is 2. The van der Waals surface area contributed by atoms with Crippen LogP contribution >= 0.6 is 23.2 Å². The van der Waals surface area contributed by atoms with E-state index >= 15 is 0 Å². The van der Waals surface area contributed by atoms with E-state index in [1.165, 1.54) is 10.9 Å². The van der Waals surface area contributed by atoms with E-state index in [0.29, 0.717) is 29.5 Å². The van der Waals surface area contributed by atoms with E-state index in [1.807, 2.05) is 30.3 Å². The number of benzene rings is 2. The van der Waals surface area contributed by atoms with Crippen LogP contribution in [0.3, 0.4) is 0 Å². The van der Waals surface area contributed by atoms with Crippen molar-refractivity contribution in [2.24, 2.45) is 0 Å². The summed E-state index contributed by atoms with van der Waals surface area (Å²) >= 11 is 12.0. The van der Waals surface area contributed by atoms with Crippen molar-refractivity contribution >= 4 is 34.8 Å². The van der Waals surface area contributed by atoms with Gasteiger partial charge >= 0.3 is 0 Å². The second-order valence-electron chi connectivity index (χ2n) is 6.00. The Bertz CT molecular complexity index is 1000. The van der Waals surface area contributed by atoms with E-state index in [9.17, 15) is 9.59 Å². The van der Waals surface area contributed by atoms with Gasteiger partial charge in [0.05, 0.1) is 17.6 Å². The van der Waals surface area contributed by atoms with Crippen LogP contribution in [0.1, 0.15) is 12.0 Å². The number of rotatable bonds is 7. The summed E-state index contributed by atoms with van der Waals surface area (Å²) in [7, 11) is 0. The van der Waals surface area contributed by atoms with Crippen molar-refractivity contribution in [2.45, 2.75) is 13.0 Å². The first-order chi connectivity index (χ1) is 13.5. The minimum Gasteiger partial charge on any atom is -0.382 e. The Balaban J connectivity index is 1.56. The maximum absolute atomic E-state index is 12.4. The van der Waals surface area contributed by atoms with Gasteiger partial charge in [-0.15, -0.1) is 0 Å². The van der Waals surface area contributed by atoms with Crippen LogP contribution in [0.25, 0.3) is 5.69 Å². The molecule has 2 aromatic carbocycles. The van der Waals surface area contributed by atoms with Gasteiger partial charge in [0, 0.05) is 24.5 Å². The van der Waals surface area contributed by atoms with Gasteiger partial charge in [0.25, 0.3) is 5.56 Å². The molecule has 1 heterocycles. The molecule has 6 nitrogen and oxygen atoms in total. The second kappa shape index (κ2) is 9.39. The van der Waals surface area contributed by atoms with E-state index in [4.69, 9.17) is 23.2 Å². The Morgan fingerprint density at radius 3 is 2.46 bits per heavy atom. The van der Waals surface area contributed by atoms with Gasteiger partial charge in [0.15, 0.2) is 0 Å². The van der Waals surface area contributed by atoms with Crippen molar-refractivity contribution in [2.75, 3.05) is 11.9 Å². The van der Waals surface area contributed by atoms with Crippen LogP contribution in [0.15, 0.2) is 65.6 Å². The van der Waals surface area contributed by atoms with Crippen LogP contribution in [0.2, 0.25) is 10.0 Å². The van der Waals surface area contributed by atoms with Crippen LogP contribution in [-0.2, 0) is 11.3 Å². The molecule has 0 aliphatic rings. The van der Waals surface area contributed by atoms with E-state index in [1.54, 1.807) is 24.3 Å². The van der Waals surface area contributed by atoms with Crippen molar-refractivity contribution in [3.8, 4) is 5.69 Å². The zero-order valence-electron chi connectivity index (χ0n) is 14.9. The van der Waals surface area contributed by atoms with Gasteiger partial charge in [-0.3, -0.25) is 9.59 Å². The normalized spacial score (nSPS) is 10.5. The standard InChI is InChI=1S/C20H18Cl2N4O2/c21-15-6-8-16(9-7-15)26-20(28)19(22)17(13-25-26)23-11-10-18(27)24-12-14-4-2-1-3-5-14/h1-9,13,23H,10-12H2,(H,24,27). The highest BCUT2D eigenvalue weighted by molar-refractivity contribution is 6.33. The molecule has 2 N–H and O–H groups in total. The molecular weight excluding hydrogens is 399 g/mol. The Labute approximate surface area is 172 Å². The predicted molar refractivity (Wildman–Crippen MR) is 111 cm³/mol. The van der Waals surface area contributed by atoms with Crippen molar-refractivity contribution < 1.29 is 4.79 Å². The Morgan fingerprint density at radius 2 is 1.75 bits per heavy atom. The topological polar surface area (TPSA) is 76.0 Å². The molecule has 0 atom stereocenters. The minimum atomic E-state index is -0.456. The number of hydrogen-bond acceptors (Lipinski definition) is 4. The molecule has 0 unspecified atom stereocenters. The molecule has 0 fully saturated rings. The third kappa shape index (κ3) is 5.12. The lowest BCUT2D eigenvalue weighted by molar-refractivity contribution is -0.121. The van der Waals surface area contributed by atoms with Crippen LogP contribution in [0.5, 0.6) is 0 Å². The van der Waals surface area contributed by atoms with Crippen LogP contribution < -0.4 is 16.2 Å². The number of carbonyl (C=O) groups is 1. The maximum atomic E-state index is 12.4. The molecule has 1 aromatic heterocycles. The first kappa shape index (κ1) is 19.9. The molecule has 0 radical (unpaired) electrons. The van der Waals surface area contributed by atoms with Crippen LogP contribution in [0, 0.1) is 0 Å². The number of nitrogens with zero attached hydrogens (tertiary/aromatic N) is 2. The number of anilines is 1. The minimum absolute atomic E-state index is 0.00893. The van der Waals surface area contributed by atoms with E-state index in [0.717, 1.165) is 5.56 Å². The van der Waals surface area contributed by atoms with E-state index < -0.39 is 5.56 Å². The molecule has 8 heteroatoms. The monoisotopic (exact) mass is 416 g/mol. The fraction of sp³-hybridized carbons (Fsp3) is 0.150. The Hall–Kier alpha value is -2.83. The number of nitrogens with one attached hydrogen (secondary N) is 2. The molecule has 0 saturated heterocycles. The first-order valence-electron chi connectivity index (χ1n) is 8.63. The Morgan fingerprint density at radius 1 is 1.04 bits per heavy atom. The largest absolute Gasteiger partial charge is 0.382 e. The number of amides is 1. The van der Waals surface area contributed by atoms with Gasteiger partial charge < -0.3 is 10.6 Å². The third-order valence-electron chi connectivity index (χ3n) is 3.99. The van der Waals surface area contributed by atoms with Crippen molar-refractivity contribution in [3.63, 3.8) is 0 Å². The molecule has 28 heavy (non-hydrogen) atoms. The molecule has 0 bridgehead atoms. The summed E-state index contributed by atoms with van der Waals surface area (Å²) in [6, 6.07) is 16.3. The zero-order chi connectivity index (χ0) is 19.9. The fourth-order valence-corrected chi connectivity index (χ4v) is 2.84. The fourth-order valence-electron chi connectivity index (χ4n) is 2.52. The lowest BCUT2D eigenvalue weighted by atomic mass is 10.2. The number of carbonyl (C=O) groups excluding carboxylic acids is 1. The molecule has 0 saturated carbocycles. The summed E-state index contributed by atoms with van der Waals surface area (Å²) < 4.78 is 1.19. The first-order valence-corrected chi connectivity index (χ1v) is 9.38. The Kier molecular flexibility index (Phi) is 6.68. The zero-order valence-corrected chi connectivity index (χ0v) is 16.4. The summed E-state index contributed by atoms with van der Waals surface area (Å²) in [5, 5.41) is 10.5. The van der Waals surface area contributed by atoms with Crippen molar-refractivity contribution in [3.05, 3.63) is 86.8 Å². The highest BCUT2D eigenvalue weighted by atomic mass is 35.5. The molecule has 3 aromatic rings. The summed E-state index contributed by atoms with van der Waals surface area (Å²) in [5.41, 5.74) is 1.51. The number of halogens is 2. The second-order valence-corrected chi connectivity index (χ2v) is 6.82. The van der Waals surface area contributed by atoms with Crippen molar-refractivity contribution in [1.29, 1.82) is 0 Å². The molecule has 144 valence electrons. The maximum Gasteiger partial charge on any atom is 0.292 e. The SMILES string of the molecule is O=C(CCNc1cnn(-c2ccc(Cl)cc2)c(=O)c1Cl)NCc1ccccc1. The van der Waals surface area contributed by atoms with Gasteiger partial charge in [-0.1, -0.05) is 53.5 Å². The van der Waals surface area contributed by atoms with Crippen LogP contribution in [-0.4, -0.2) is 22.2 Å². The van der Waals surface area contributed by atoms with Gasteiger partial charge in [0.2, 0.25) is 5.91 Å². The molecule has 3 rings (SSSR count). The van der Waals surface area contributed by atoms with Gasteiger partial charge in [-0.25, -0.2) is 0 Å². The summed E-state index contributed by atoms with van der Waals surface area (Å²) in [6.45, 7) is 0.797. The lowest BCUT2D eigenvalue weighted by Gasteiger charge is -2.10. The van der Waals surface area contributed by atoms with Crippen molar-refractivity contribution in [1.82, 2.24) is 15.1 Å². The quantitative estimate of drug-likeness (QED) is 0.615. The predicted octanol–water partition coefficient (Wildman–Crippen LogP) is 3.66. The van der Waals surface area contributed by atoms with Gasteiger partial charge in [0.1, 0.15) is 5.02 Å².